The van der Waals surface area contributed by atoms with E-state index in [2.05, 4.69) is 0 Å². The first-order valence-electron chi connectivity index (χ1n) is 8.76. The van der Waals surface area contributed by atoms with Crippen LogP contribution < -0.4 is 5.56 Å². The minimum Gasteiger partial charge on any atom is -0.465 e. The SMILES string of the molecule is CCn1c(=O)c(C(=O)OC)c(C(=O)c2ccccc2)c2cc(C)cc(C)c21. The molecule has 0 saturated heterocycles. The van der Waals surface area contributed by atoms with Gasteiger partial charge < -0.3 is 9.30 Å². The van der Waals surface area contributed by atoms with Gasteiger partial charge in [-0.1, -0.05) is 42.0 Å². The monoisotopic (exact) mass is 363 g/mol. The number of ether oxygens (including phenoxy) is 1. The van der Waals surface area contributed by atoms with Gasteiger partial charge in [-0.15, -0.1) is 0 Å². The van der Waals surface area contributed by atoms with Crippen molar-refractivity contribution < 1.29 is 14.3 Å². The highest BCUT2D eigenvalue weighted by atomic mass is 16.5. The van der Waals surface area contributed by atoms with Crippen LogP contribution in [-0.4, -0.2) is 23.4 Å². The van der Waals surface area contributed by atoms with Crippen molar-refractivity contribution >= 4 is 22.7 Å². The molecule has 0 aliphatic heterocycles. The van der Waals surface area contributed by atoms with Crippen LogP contribution >= 0.6 is 0 Å². The van der Waals surface area contributed by atoms with Crippen molar-refractivity contribution in [2.24, 2.45) is 0 Å². The van der Waals surface area contributed by atoms with Crippen LogP contribution in [0.1, 0.15) is 44.3 Å². The predicted octanol–water partition coefficient (Wildman–Crippen LogP) is 3.66. The Morgan fingerprint density at radius 1 is 1.04 bits per heavy atom. The average molecular weight is 363 g/mol. The summed E-state index contributed by atoms with van der Waals surface area (Å²) in [5, 5.41) is 0.586. The highest BCUT2D eigenvalue weighted by Crippen LogP contribution is 2.27. The van der Waals surface area contributed by atoms with E-state index in [9.17, 15) is 14.4 Å². The van der Waals surface area contributed by atoms with E-state index in [0.717, 1.165) is 11.1 Å². The zero-order chi connectivity index (χ0) is 19.7. The molecule has 1 heterocycles. The maximum atomic E-state index is 13.3. The molecule has 0 saturated carbocycles. The molecule has 0 N–H and O–H groups in total. The lowest BCUT2D eigenvalue weighted by Gasteiger charge is -2.18. The van der Waals surface area contributed by atoms with Gasteiger partial charge in [0.1, 0.15) is 5.56 Å². The van der Waals surface area contributed by atoms with E-state index in [1.165, 1.54) is 11.7 Å². The van der Waals surface area contributed by atoms with Crippen molar-refractivity contribution in [2.75, 3.05) is 7.11 Å². The van der Waals surface area contributed by atoms with Crippen LogP contribution in [0, 0.1) is 13.8 Å². The Bertz CT molecular complexity index is 1110. The molecule has 138 valence electrons. The number of hydrogen-bond donors (Lipinski definition) is 0. The summed E-state index contributed by atoms with van der Waals surface area (Å²) < 4.78 is 6.37. The number of fused-ring (bicyclic) bond motifs is 1. The molecular weight excluding hydrogens is 342 g/mol. The van der Waals surface area contributed by atoms with Gasteiger partial charge in [0.2, 0.25) is 0 Å². The number of methoxy groups -OCH3 is 1. The first-order chi connectivity index (χ1) is 12.9. The van der Waals surface area contributed by atoms with E-state index in [4.69, 9.17) is 4.74 Å². The molecule has 0 atom stereocenters. The Labute approximate surface area is 157 Å². The van der Waals surface area contributed by atoms with Crippen LogP contribution in [0.3, 0.4) is 0 Å². The van der Waals surface area contributed by atoms with Gasteiger partial charge >= 0.3 is 5.97 Å². The molecule has 5 nitrogen and oxygen atoms in total. The lowest BCUT2D eigenvalue weighted by atomic mass is 9.92. The van der Waals surface area contributed by atoms with E-state index in [1.54, 1.807) is 30.3 Å². The van der Waals surface area contributed by atoms with Gasteiger partial charge in [0.15, 0.2) is 5.78 Å². The normalized spacial score (nSPS) is 10.8. The second-order valence-corrected chi connectivity index (χ2v) is 6.46. The quantitative estimate of drug-likeness (QED) is 0.524. The fourth-order valence-corrected chi connectivity index (χ4v) is 3.55. The molecule has 5 heteroatoms. The van der Waals surface area contributed by atoms with Gasteiger partial charge in [0.05, 0.1) is 18.2 Å². The van der Waals surface area contributed by atoms with Gasteiger partial charge in [-0.05, 0) is 32.4 Å². The minimum atomic E-state index is -0.803. The van der Waals surface area contributed by atoms with Crippen molar-refractivity contribution in [1.29, 1.82) is 0 Å². The smallest absolute Gasteiger partial charge is 0.344 e. The summed E-state index contributed by atoms with van der Waals surface area (Å²) in [6, 6.07) is 12.4. The van der Waals surface area contributed by atoms with Gasteiger partial charge in [0, 0.05) is 17.5 Å². The average Bonchev–Trinajstić information content (AvgIpc) is 2.67. The first-order valence-corrected chi connectivity index (χ1v) is 8.76. The van der Waals surface area contributed by atoms with Gasteiger partial charge in [-0.2, -0.15) is 0 Å². The summed E-state index contributed by atoms with van der Waals surface area (Å²) in [5.74, 6) is -1.17. The minimum absolute atomic E-state index is 0.101. The largest absolute Gasteiger partial charge is 0.465 e. The number of hydrogen-bond acceptors (Lipinski definition) is 4. The van der Waals surface area contributed by atoms with E-state index in [0.29, 0.717) is 23.0 Å². The Morgan fingerprint density at radius 2 is 1.70 bits per heavy atom. The number of nitrogens with zero attached hydrogens (tertiary/aromatic N) is 1. The Morgan fingerprint density at radius 3 is 2.30 bits per heavy atom. The highest BCUT2D eigenvalue weighted by molar-refractivity contribution is 6.21. The third-order valence-corrected chi connectivity index (χ3v) is 4.66. The number of esters is 1. The molecule has 0 unspecified atom stereocenters. The van der Waals surface area contributed by atoms with Crippen molar-refractivity contribution in [3.63, 3.8) is 0 Å². The third kappa shape index (κ3) is 3.05. The summed E-state index contributed by atoms with van der Waals surface area (Å²) >= 11 is 0. The number of carbonyl (C=O) groups excluding carboxylic acids is 2. The topological polar surface area (TPSA) is 65.4 Å². The molecule has 1 aromatic heterocycles. The van der Waals surface area contributed by atoms with E-state index in [1.807, 2.05) is 32.9 Å². The third-order valence-electron chi connectivity index (χ3n) is 4.66. The maximum absolute atomic E-state index is 13.3. The lowest BCUT2D eigenvalue weighted by Crippen LogP contribution is -2.31. The fraction of sp³-hybridized carbons (Fsp3) is 0.227. The molecule has 2 aromatic carbocycles. The van der Waals surface area contributed by atoms with Crippen molar-refractivity contribution in [1.82, 2.24) is 4.57 Å². The van der Waals surface area contributed by atoms with Crippen LogP contribution in [0.5, 0.6) is 0 Å². The fourth-order valence-electron chi connectivity index (χ4n) is 3.55. The zero-order valence-corrected chi connectivity index (χ0v) is 15.8. The molecule has 0 aliphatic rings. The van der Waals surface area contributed by atoms with Crippen LogP contribution in [0.15, 0.2) is 47.3 Å². The Balaban J connectivity index is 2.55. The number of ketones is 1. The van der Waals surface area contributed by atoms with Gasteiger partial charge in [-0.3, -0.25) is 9.59 Å². The van der Waals surface area contributed by atoms with Crippen LogP contribution in [-0.2, 0) is 11.3 Å². The number of aromatic nitrogens is 1. The molecule has 0 radical (unpaired) electrons. The second kappa shape index (κ2) is 7.19. The molecule has 0 aliphatic carbocycles. The summed E-state index contributed by atoms with van der Waals surface area (Å²) in [6.07, 6.45) is 0. The molecule has 0 bridgehead atoms. The van der Waals surface area contributed by atoms with Crippen LogP contribution in [0.25, 0.3) is 10.9 Å². The number of carbonyl (C=O) groups is 2. The molecule has 0 spiro atoms. The summed E-state index contributed by atoms with van der Waals surface area (Å²) in [7, 11) is 1.21. The van der Waals surface area contributed by atoms with Crippen LogP contribution in [0.2, 0.25) is 0 Å². The van der Waals surface area contributed by atoms with Crippen molar-refractivity contribution in [3.05, 3.63) is 80.6 Å². The molecular formula is C22H21NO4. The predicted molar refractivity (Wildman–Crippen MR) is 105 cm³/mol. The second-order valence-electron chi connectivity index (χ2n) is 6.46. The molecule has 0 fully saturated rings. The first kappa shape index (κ1) is 18.6. The van der Waals surface area contributed by atoms with Crippen molar-refractivity contribution in [2.45, 2.75) is 27.3 Å². The van der Waals surface area contributed by atoms with Gasteiger partial charge in [-0.25, -0.2) is 4.79 Å². The van der Waals surface area contributed by atoms with Gasteiger partial charge in [0.25, 0.3) is 5.56 Å². The molecule has 27 heavy (non-hydrogen) atoms. The number of benzene rings is 2. The summed E-state index contributed by atoms with van der Waals surface area (Å²) in [4.78, 5) is 38.9. The summed E-state index contributed by atoms with van der Waals surface area (Å²) in [5.41, 5.74) is 2.27. The summed E-state index contributed by atoms with van der Waals surface area (Å²) in [6.45, 7) is 6.03. The molecule has 3 rings (SSSR count). The van der Waals surface area contributed by atoms with E-state index < -0.39 is 11.5 Å². The zero-order valence-electron chi connectivity index (χ0n) is 15.8. The standard InChI is InChI=1S/C22H21NO4/c1-5-23-19-14(3)11-13(2)12-16(19)17(18(21(23)25)22(26)27-4)20(24)15-9-7-6-8-10-15/h6-12H,5H2,1-4H3. The van der Waals surface area contributed by atoms with Crippen LogP contribution in [0.4, 0.5) is 0 Å². The maximum Gasteiger partial charge on any atom is 0.344 e. The van der Waals surface area contributed by atoms with E-state index in [-0.39, 0.29) is 16.9 Å². The number of pyridine rings is 1. The Kier molecular flexibility index (Phi) is 4.95. The number of aryl methyl sites for hydroxylation is 3. The Hall–Kier alpha value is -3.21. The van der Waals surface area contributed by atoms with Crippen molar-refractivity contribution in [3.8, 4) is 0 Å². The number of rotatable bonds is 4. The highest BCUT2D eigenvalue weighted by Gasteiger charge is 2.28. The molecule has 3 aromatic rings. The lowest BCUT2D eigenvalue weighted by molar-refractivity contribution is 0.0595. The van der Waals surface area contributed by atoms with E-state index >= 15 is 0 Å². The molecule has 0 amide bonds.